The molecule has 26 heavy (non-hydrogen) atoms. The first-order chi connectivity index (χ1) is 12.3. The van der Waals surface area contributed by atoms with Crippen molar-refractivity contribution in [3.05, 3.63) is 45.6 Å². The van der Waals surface area contributed by atoms with Crippen LogP contribution in [0.1, 0.15) is 25.1 Å². The van der Waals surface area contributed by atoms with Crippen molar-refractivity contribution in [2.75, 3.05) is 22.3 Å². The standard InChI is InChI=1S/C17H22ClN3O3S2/c1-3-11-26(23,24)20-14-7-5-13(6-8-14)19-17(22)21(4-2)12-15-9-10-16(18)25-15/h5-10,20H,3-4,11-12H2,1-2H3,(H,19,22). The van der Waals surface area contributed by atoms with Crippen LogP contribution in [0, 0.1) is 0 Å². The molecule has 0 bridgehead atoms. The molecular formula is C17H22ClN3O3S2. The topological polar surface area (TPSA) is 78.5 Å². The molecule has 1 heterocycles. The van der Waals surface area contributed by atoms with Crippen LogP contribution in [0.25, 0.3) is 0 Å². The van der Waals surface area contributed by atoms with E-state index in [0.717, 1.165) is 4.88 Å². The van der Waals surface area contributed by atoms with E-state index < -0.39 is 10.0 Å². The van der Waals surface area contributed by atoms with E-state index in [1.807, 2.05) is 26.0 Å². The predicted molar refractivity (Wildman–Crippen MR) is 109 cm³/mol. The lowest BCUT2D eigenvalue weighted by Gasteiger charge is -2.20. The van der Waals surface area contributed by atoms with E-state index in [-0.39, 0.29) is 11.8 Å². The molecule has 1 aromatic heterocycles. The number of carbonyl (C=O) groups is 1. The Morgan fingerprint density at radius 3 is 2.31 bits per heavy atom. The molecule has 0 spiro atoms. The maximum absolute atomic E-state index is 12.4. The lowest BCUT2D eigenvalue weighted by atomic mass is 10.3. The first-order valence-electron chi connectivity index (χ1n) is 8.23. The maximum atomic E-state index is 12.4. The van der Waals surface area contributed by atoms with Gasteiger partial charge in [0.25, 0.3) is 0 Å². The van der Waals surface area contributed by atoms with Gasteiger partial charge in [0.05, 0.1) is 16.6 Å². The minimum atomic E-state index is -3.33. The summed E-state index contributed by atoms with van der Waals surface area (Å²) in [7, 11) is -3.33. The number of benzene rings is 1. The van der Waals surface area contributed by atoms with Crippen LogP contribution in [0.3, 0.4) is 0 Å². The molecule has 0 aliphatic carbocycles. The molecule has 0 unspecified atom stereocenters. The number of hydrogen-bond donors (Lipinski definition) is 2. The zero-order valence-corrected chi connectivity index (χ0v) is 17.0. The molecule has 0 aliphatic rings. The zero-order chi connectivity index (χ0) is 19.2. The number of nitrogens with zero attached hydrogens (tertiary/aromatic N) is 1. The molecular weight excluding hydrogens is 394 g/mol. The fourth-order valence-electron chi connectivity index (χ4n) is 2.28. The van der Waals surface area contributed by atoms with Crippen LogP contribution in [0.4, 0.5) is 16.2 Å². The molecule has 0 saturated carbocycles. The van der Waals surface area contributed by atoms with Crippen LogP contribution in [0.2, 0.25) is 4.34 Å². The quantitative estimate of drug-likeness (QED) is 0.660. The van der Waals surface area contributed by atoms with Crippen molar-refractivity contribution in [1.29, 1.82) is 0 Å². The summed E-state index contributed by atoms with van der Waals surface area (Å²) in [6.07, 6.45) is 0.547. The van der Waals surface area contributed by atoms with Crippen molar-refractivity contribution in [2.45, 2.75) is 26.8 Å². The highest BCUT2D eigenvalue weighted by atomic mass is 35.5. The van der Waals surface area contributed by atoms with Crippen LogP contribution >= 0.6 is 22.9 Å². The van der Waals surface area contributed by atoms with Crippen LogP contribution in [-0.4, -0.2) is 31.6 Å². The van der Waals surface area contributed by atoms with E-state index in [9.17, 15) is 13.2 Å². The largest absolute Gasteiger partial charge is 0.322 e. The first kappa shape index (κ1) is 20.5. The van der Waals surface area contributed by atoms with E-state index >= 15 is 0 Å². The number of urea groups is 1. The Bertz CT molecular complexity index is 835. The predicted octanol–water partition coefficient (Wildman–Crippen LogP) is 4.61. The summed E-state index contributed by atoms with van der Waals surface area (Å²) in [5.74, 6) is 0.0731. The number of thiophene rings is 1. The Kier molecular flexibility index (Phi) is 7.31. The van der Waals surface area contributed by atoms with Crippen molar-refractivity contribution < 1.29 is 13.2 Å². The molecule has 2 aromatic rings. The Morgan fingerprint density at radius 2 is 1.77 bits per heavy atom. The number of hydrogen-bond acceptors (Lipinski definition) is 4. The second-order valence-electron chi connectivity index (χ2n) is 5.65. The van der Waals surface area contributed by atoms with Crippen molar-refractivity contribution in [3.8, 4) is 0 Å². The molecule has 2 amide bonds. The van der Waals surface area contributed by atoms with E-state index in [1.165, 1.54) is 11.3 Å². The van der Waals surface area contributed by atoms with Gasteiger partial charge in [-0.15, -0.1) is 11.3 Å². The minimum Gasteiger partial charge on any atom is -0.320 e. The van der Waals surface area contributed by atoms with Crippen LogP contribution < -0.4 is 10.0 Å². The van der Waals surface area contributed by atoms with Gasteiger partial charge in [0, 0.05) is 22.8 Å². The fourth-order valence-corrected chi connectivity index (χ4v) is 4.51. The van der Waals surface area contributed by atoms with E-state index in [0.29, 0.717) is 35.2 Å². The van der Waals surface area contributed by atoms with Crippen LogP contribution in [0.15, 0.2) is 36.4 Å². The number of carbonyl (C=O) groups excluding carboxylic acids is 1. The number of sulfonamides is 1. The normalized spacial score (nSPS) is 11.2. The third kappa shape index (κ3) is 6.19. The molecule has 142 valence electrons. The summed E-state index contributed by atoms with van der Waals surface area (Å²) in [4.78, 5) is 15.1. The number of nitrogens with one attached hydrogen (secondary N) is 2. The highest BCUT2D eigenvalue weighted by molar-refractivity contribution is 7.92. The third-order valence-corrected chi connectivity index (χ3v) is 6.24. The third-order valence-electron chi connectivity index (χ3n) is 3.53. The lowest BCUT2D eigenvalue weighted by Crippen LogP contribution is -2.34. The average molecular weight is 416 g/mol. The van der Waals surface area contributed by atoms with Gasteiger partial charge in [-0.2, -0.15) is 0 Å². The molecule has 0 fully saturated rings. The Labute approximate surface area is 163 Å². The number of rotatable bonds is 8. The van der Waals surface area contributed by atoms with Crippen LogP contribution in [-0.2, 0) is 16.6 Å². The van der Waals surface area contributed by atoms with Gasteiger partial charge in [0.1, 0.15) is 0 Å². The average Bonchev–Trinajstić information content (AvgIpc) is 2.99. The highest BCUT2D eigenvalue weighted by Gasteiger charge is 2.14. The van der Waals surface area contributed by atoms with Crippen molar-refractivity contribution in [1.82, 2.24) is 4.90 Å². The molecule has 0 aliphatic heterocycles. The monoisotopic (exact) mass is 415 g/mol. The summed E-state index contributed by atoms with van der Waals surface area (Å²) in [5.41, 5.74) is 1.06. The molecule has 0 radical (unpaired) electrons. The minimum absolute atomic E-state index is 0.0731. The van der Waals surface area contributed by atoms with Gasteiger partial charge in [0.15, 0.2) is 0 Å². The number of halogens is 1. The molecule has 9 heteroatoms. The summed E-state index contributed by atoms with van der Waals surface area (Å²) in [6.45, 7) is 4.74. The summed E-state index contributed by atoms with van der Waals surface area (Å²) >= 11 is 7.37. The summed E-state index contributed by atoms with van der Waals surface area (Å²) < 4.78 is 26.7. The van der Waals surface area contributed by atoms with E-state index in [1.54, 1.807) is 29.2 Å². The zero-order valence-electron chi connectivity index (χ0n) is 14.7. The Morgan fingerprint density at radius 1 is 1.12 bits per heavy atom. The van der Waals surface area contributed by atoms with Gasteiger partial charge in [-0.05, 0) is 49.7 Å². The molecule has 0 atom stereocenters. The Hall–Kier alpha value is -1.77. The smallest absolute Gasteiger partial charge is 0.320 e. The summed E-state index contributed by atoms with van der Waals surface area (Å²) in [6, 6.07) is 10.1. The second-order valence-corrected chi connectivity index (χ2v) is 9.29. The first-order valence-corrected chi connectivity index (χ1v) is 11.1. The highest BCUT2D eigenvalue weighted by Crippen LogP contribution is 2.23. The van der Waals surface area contributed by atoms with E-state index in [2.05, 4.69) is 10.0 Å². The SMILES string of the molecule is CCCS(=O)(=O)Nc1ccc(NC(=O)N(CC)Cc2ccc(Cl)s2)cc1. The van der Waals surface area contributed by atoms with Crippen molar-refractivity contribution in [2.24, 2.45) is 0 Å². The van der Waals surface area contributed by atoms with Gasteiger partial charge in [-0.3, -0.25) is 4.72 Å². The van der Waals surface area contributed by atoms with E-state index in [4.69, 9.17) is 11.6 Å². The van der Waals surface area contributed by atoms with Gasteiger partial charge >= 0.3 is 6.03 Å². The van der Waals surface area contributed by atoms with Crippen molar-refractivity contribution in [3.63, 3.8) is 0 Å². The molecule has 2 rings (SSSR count). The lowest BCUT2D eigenvalue weighted by molar-refractivity contribution is 0.212. The maximum Gasteiger partial charge on any atom is 0.322 e. The second kappa shape index (κ2) is 9.25. The molecule has 2 N–H and O–H groups in total. The Balaban J connectivity index is 1.97. The van der Waals surface area contributed by atoms with Gasteiger partial charge in [0.2, 0.25) is 10.0 Å². The molecule has 1 aromatic carbocycles. The van der Waals surface area contributed by atoms with Crippen molar-refractivity contribution >= 4 is 50.4 Å². The van der Waals surface area contributed by atoms with Gasteiger partial charge in [-0.1, -0.05) is 18.5 Å². The number of amides is 2. The fraction of sp³-hybridized carbons (Fsp3) is 0.353. The van der Waals surface area contributed by atoms with Crippen LogP contribution in [0.5, 0.6) is 0 Å². The van der Waals surface area contributed by atoms with Gasteiger partial charge < -0.3 is 10.2 Å². The molecule has 6 nitrogen and oxygen atoms in total. The number of anilines is 2. The molecule has 0 saturated heterocycles. The van der Waals surface area contributed by atoms with Gasteiger partial charge in [-0.25, -0.2) is 13.2 Å². The summed E-state index contributed by atoms with van der Waals surface area (Å²) in [5, 5.41) is 2.82.